The van der Waals surface area contributed by atoms with E-state index in [0.29, 0.717) is 39.5 Å². The average Bonchev–Trinajstić information content (AvgIpc) is 3.20. The van der Waals surface area contributed by atoms with Gasteiger partial charge in [-0.2, -0.15) is 5.10 Å². The van der Waals surface area contributed by atoms with Crippen LogP contribution in [0.1, 0.15) is 43.0 Å². The Morgan fingerprint density at radius 3 is 2.49 bits per heavy atom. The predicted octanol–water partition coefficient (Wildman–Crippen LogP) is 4.73. The number of anilines is 1. The number of para-hydroxylation sites is 1. The number of amides is 2. The van der Waals surface area contributed by atoms with Gasteiger partial charge in [-0.1, -0.05) is 32.0 Å². The van der Waals surface area contributed by atoms with Crippen molar-refractivity contribution < 1.29 is 18.7 Å². The van der Waals surface area contributed by atoms with E-state index in [9.17, 15) is 23.5 Å². The van der Waals surface area contributed by atoms with Gasteiger partial charge in [-0.3, -0.25) is 10.1 Å². The number of nitrogens with zero attached hydrogens (tertiary/aromatic N) is 3. The summed E-state index contributed by atoms with van der Waals surface area (Å²) >= 11 is 0. The maximum atomic E-state index is 14.2. The summed E-state index contributed by atoms with van der Waals surface area (Å²) in [6.45, 7) is 5.48. The fourth-order valence-corrected chi connectivity index (χ4v) is 5.23. The van der Waals surface area contributed by atoms with E-state index in [1.54, 1.807) is 30.9 Å². The fourth-order valence-electron chi connectivity index (χ4n) is 5.23. The molecule has 0 saturated carbocycles. The summed E-state index contributed by atoms with van der Waals surface area (Å²) in [6.07, 6.45) is 0.888. The van der Waals surface area contributed by atoms with Crippen LogP contribution in [-0.2, 0) is 12.5 Å². The number of urea groups is 1. The molecule has 0 unspecified atom stereocenters. The second-order valence-electron chi connectivity index (χ2n) is 10.5. The molecule has 0 radical (unpaired) electrons. The Morgan fingerprint density at radius 2 is 1.79 bits per heavy atom. The number of nitrogens with one attached hydrogen (secondary N) is 2. The minimum absolute atomic E-state index is 0.164. The molecule has 10 heteroatoms. The van der Waals surface area contributed by atoms with E-state index in [2.05, 4.69) is 10.6 Å². The normalized spacial score (nSPS) is 17.9. The van der Waals surface area contributed by atoms with Crippen molar-refractivity contribution >= 4 is 11.8 Å². The molecule has 0 saturated heterocycles. The molecular weight excluding hydrogens is 504 g/mol. The lowest BCUT2D eigenvalue weighted by molar-refractivity contribution is 0.0878. The van der Waals surface area contributed by atoms with Crippen LogP contribution in [0.4, 0.5) is 19.4 Å². The Balaban J connectivity index is 1.52. The van der Waals surface area contributed by atoms with Crippen LogP contribution >= 0.6 is 0 Å². The van der Waals surface area contributed by atoms with E-state index >= 15 is 0 Å². The third-order valence-corrected chi connectivity index (χ3v) is 7.26. The first kappa shape index (κ1) is 26.3. The van der Waals surface area contributed by atoms with Crippen LogP contribution in [0.3, 0.4) is 0 Å². The number of halogens is 2. The van der Waals surface area contributed by atoms with Gasteiger partial charge in [0, 0.05) is 30.4 Å². The molecule has 0 fully saturated rings. The molecule has 39 heavy (non-hydrogen) atoms. The minimum Gasteiger partial charge on any atom is -0.391 e. The average molecular weight is 534 g/mol. The van der Waals surface area contributed by atoms with Gasteiger partial charge in [0.15, 0.2) is 11.6 Å². The smallest absolute Gasteiger partial charge is 0.320 e. The number of aliphatic hydroxyl groups excluding tert-OH is 1. The monoisotopic (exact) mass is 533 g/mol. The van der Waals surface area contributed by atoms with Crippen molar-refractivity contribution in [2.45, 2.75) is 44.8 Å². The highest BCUT2D eigenvalue weighted by molar-refractivity contribution is 5.91. The molecule has 5 rings (SSSR count). The molecule has 3 N–H and O–H groups in total. The lowest BCUT2D eigenvalue weighted by Crippen LogP contribution is -2.45. The van der Waals surface area contributed by atoms with Gasteiger partial charge in [0.2, 0.25) is 5.56 Å². The molecule has 0 spiro atoms. The lowest BCUT2D eigenvalue weighted by Gasteiger charge is -2.40. The van der Waals surface area contributed by atoms with Gasteiger partial charge in [-0.15, -0.1) is 0 Å². The van der Waals surface area contributed by atoms with Crippen LogP contribution in [0.5, 0.6) is 0 Å². The number of aryl methyl sites for hydroxylation is 1. The van der Waals surface area contributed by atoms with Crippen molar-refractivity contribution in [3.63, 3.8) is 0 Å². The largest absolute Gasteiger partial charge is 0.391 e. The fraction of sp³-hybridized carbons (Fsp3) is 0.276. The number of carbonyl (C=O) groups excluding carboxylic acids is 1. The van der Waals surface area contributed by atoms with Crippen molar-refractivity contribution in [1.82, 2.24) is 19.7 Å². The zero-order valence-electron chi connectivity index (χ0n) is 22.0. The van der Waals surface area contributed by atoms with Gasteiger partial charge in [0.05, 0.1) is 23.5 Å². The molecule has 1 aliphatic carbocycles. The molecule has 202 valence electrons. The van der Waals surface area contributed by atoms with Crippen LogP contribution in [0, 0.1) is 18.6 Å². The summed E-state index contributed by atoms with van der Waals surface area (Å²) in [5, 5.41) is 21.2. The second kappa shape index (κ2) is 9.77. The number of hydrogen-bond acceptors (Lipinski definition) is 4. The van der Waals surface area contributed by atoms with E-state index in [-0.39, 0.29) is 12.0 Å². The first-order chi connectivity index (χ1) is 18.5. The Bertz CT molecular complexity index is 1630. The summed E-state index contributed by atoms with van der Waals surface area (Å²) in [5.41, 5.74) is 2.65. The Hall–Kier alpha value is -4.31. The molecule has 2 atom stereocenters. The first-order valence-electron chi connectivity index (χ1n) is 12.5. The molecule has 0 bridgehead atoms. The third kappa shape index (κ3) is 4.83. The van der Waals surface area contributed by atoms with Gasteiger partial charge >= 0.3 is 6.03 Å². The van der Waals surface area contributed by atoms with E-state index < -0.39 is 35.2 Å². The zero-order valence-corrected chi connectivity index (χ0v) is 22.0. The van der Waals surface area contributed by atoms with Crippen molar-refractivity contribution in [3.8, 4) is 16.9 Å². The quantitative estimate of drug-likeness (QED) is 0.353. The van der Waals surface area contributed by atoms with Crippen molar-refractivity contribution in [2.24, 2.45) is 7.05 Å². The van der Waals surface area contributed by atoms with Gasteiger partial charge in [0.1, 0.15) is 5.82 Å². The third-order valence-electron chi connectivity index (χ3n) is 7.26. The summed E-state index contributed by atoms with van der Waals surface area (Å²) in [6, 6.07) is 12.9. The van der Waals surface area contributed by atoms with Crippen molar-refractivity contribution in [1.29, 1.82) is 0 Å². The van der Waals surface area contributed by atoms with Gasteiger partial charge in [-0.25, -0.2) is 18.3 Å². The van der Waals surface area contributed by atoms with E-state index in [4.69, 9.17) is 5.10 Å². The highest BCUT2D eigenvalue weighted by Crippen LogP contribution is 2.42. The van der Waals surface area contributed by atoms with Crippen LogP contribution in [0.2, 0.25) is 0 Å². The molecule has 2 amide bonds. The molecule has 1 aliphatic rings. The molecule has 8 nitrogen and oxygen atoms in total. The summed E-state index contributed by atoms with van der Waals surface area (Å²) in [5.74, 6) is -1.65. The van der Waals surface area contributed by atoms with Gasteiger partial charge in [-0.05, 0) is 60.2 Å². The highest BCUT2D eigenvalue weighted by atomic mass is 19.2. The molecule has 2 aromatic heterocycles. The SMILES string of the molecule is Cc1c(-c2ccc(=O)n(C)c2)nn(-c2ccccc2)c1NC(=O)N[C@@H]1c2cc(F)c(F)cc2C(C)(C)C[C@H]1O. The van der Waals surface area contributed by atoms with E-state index in [1.807, 2.05) is 44.2 Å². The van der Waals surface area contributed by atoms with Gasteiger partial charge < -0.3 is 15.0 Å². The summed E-state index contributed by atoms with van der Waals surface area (Å²) in [7, 11) is 1.64. The van der Waals surface area contributed by atoms with Crippen molar-refractivity contribution in [2.75, 3.05) is 5.32 Å². The number of benzene rings is 2. The Morgan fingerprint density at radius 1 is 1.10 bits per heavy atom. The summed E-state index contributed by atoms with van der Waals surface area (Å²) in [4.78, 5) is 25.3. The first-order valence-corrected chi connectivity index (χ1v) is 12.5. The number of aromatic nitrogens is 3. The zero-order chi connectivity index (χ0) is 28.1. The van der Waals surface area contributed by atoms with Gasteiger partial charge in [0.25, 0.3) is 0 Å². The summed E-state index contributed by atoms with van der Waals surface area (Å²) < 4.78 is 31.4. The molecule has 0 aliphatic heterocycles. The highest BCUT2D eigenvalue weighted by Gasteiger charge is 2.40. The molecule has 4 aromatic rings. The Labute approximate surface area is 223 Å². The van der Waals surface area contributed by atoms with Crippen LogP contribution < -0.4 is 16.2 Å². The van der Waals surface area contributed by atoms with E-state index in [0.717, 1.165) is 12.1 Å². The van der Waals surface area contributed by atoms with Crippen molar-refractivity contribution in [3.05, 3.63) is 99.5 Å². The maximum absolute atomic E-state index is 14.2. The number of pyridine rings is 1. The number of rotatable bonds is 4. The molecule has 2 aromatic carbocycles. The standard InChI is InChI=1S/C29H29F2N5O3/c1-16-25(17-10-11-24(38)35(4)15-17)34-36(18-8-6-5-7-9-18)27(16)33-28(39)32-26-19-12-21(30)22(31)13-20(19)29(2,3)14-23(26)37/h5-13,15,23,26,37H,14H2,1-4H3,(H2,32,33,39)/t23-,26-/m1/s1. The van der Waals surface area contributed by atoms with Crippen LogP contribution in [0.25, 0.3) is 16.9 Å². The number of hydrogen-bond donors (Lipinski definition) is 3. The number of fused-ring (bicyclic) bond motifs is 1. The number of aliphatic hydroxyl groups is 1. The second-order valence-corrected chi connectivity index (χ2v) is 10.5. The van der Waals surface area contributed by atoms with Crippen LogP contribution in [0.15, 0.2) is 65.6 Å². The van der Waals surface area contributed by atoms with E-state index in [1.165, 1.54) is 10.6 Å². The predicted molar refractivity (Wildman–Crippen MR) is 144 cm³/mol. The van der Waals surface area contributed by atoms with Crippen LogP contribution in [-0.4, -0.2) is 31.6 Å². The minimum atomic E-state index is -1.05. The lowest BCUT2D eigenvalue weighted by atomic mass is 9.69. The Kier molecular flexibility index (Phi) is 6.59. The topological polar surface area (TPSA) is 101 Å². The maximum Gasteiger partial charge on any atom is 0.320 e. The molecular formula is C29H29F2N5O3. The molecule has 2 heterocycles. The number of carbonyl (C=O) groups is 1.